The van der Waals surface area contributed by atoms with E-state index in [0.29, 0.717) is 0 Å². The second-order valence-electron chi connectivity index (χ2n) is 3.89. The number of thioether (sulfide) groups is 1. The number of aromatic nitrogens is 3. The number of rotatable bonds is 4. The lowest BCUT2D eigenvalue weighted by molar-refractivity contribution is 0.719. The standard InChI is InChI=1S/C12H15BrN4S/c1-3-9-12(13)10(17(2)16-9)7-18-11-4-5-15-6-8(11)14/h4-6H,3,7,14H2,1-2H3. The smallest absolute Gasteiger partial charge is 0.0767 e. The Bertz CT molecular complexity index is 553. The van der Waals surface area contributed by atoms with Crippen LogP contribution >= 0.6 is 27.7 Å². The predicted molar refractivity (Wildman–Crippen MR) is 78.5 cm³/mol. The van der Waals surface area contributed by atoms with Crippen molar-refractivity contribution in [3.05, 3.63) is 34.3 Å². The summed E-state index contributed by atoms with van der Waals surface area (Å²) in [5.41, 5.74) is 8.86. The van der Waals surface area contributed by atoms with Gasteiger partial charge in [0.05, 0.1) is 27.7 Å². The monoisotopic (exact) mass is 326 g/mol. The first-order chi connectivity index (χ1) is 8.63. The van der Waals surface area contributed by atoms with Gasteiger partial charge in [0.1, 0.15) is 0 Å². The summed E-state index contributed by atoms with van der Waals surface area (Å²) < 4.78 is 3.03. The molecular formula is C12H15BrN4S. The fourth-order valence-corrected chi connectivity index (χ4v) is 3.59. The van der Waals surface area contributed by atoms with Gasteiger partial charge in [0, 0.05) is 23.9 Å². The fourth-order valence-electron chi connectivity index (χ4n) is 1.65. The van der Waals surface area contributed by atoms with Gasteiger partial charge < -0.3 is 5.73 Å². The molecule has 0 aliphatic heterocycles. The van der Waals surface area contributed by atoms with Crippen molar-refractivity contribution in [1.82, 2.24) is 14.8 Å². The van der Waals surface area contributed by atoms with Gasteiger partial charge in [-0.3, -0.25) is 9.67 Å². The van der Waals surface area contributed by atoms with E-state index in [9.17, 15) is 0 Å². The summed E-state index contributed by atoms with van der Waals surface area (Å²) in [6.07, 6.45) is 4.36. The van der Waals surface area contributed by atoms with E-state index in [4.69, 9.17) is 5.73 Å². The Kier molecular flexibility index (Phi) is 4.29. The van der Waals surface area contributed by atoms with Crippen LogP contribution in [-0.4, -0.2) is 14.8 Å². The van der Waals surface area contributed by atoms with Gasteiger partial charge >= 0.3 is 0 Å². The third-order valence-electron chi connectivity index (χ3n) is 2.68. The van der Waals surface area contributed by atoms with Gasteiger partial charge in [0.2, 0.25) is 0 Å². The lowest BCUT2D eigenvalue weighted by atomic mass is 10.3. The average molecular weight is 327 g/mol. The molecule has 2 aromatic rings. The van der Waals surface area contributed by atoms with Crippen LogP contribution in [0.25, 0.3) is 0 Å². The molecule has 0 unspecified atom stereocenters. The number of nitrogens with zero attached hydrogens (tertiary/aromatic N) is 3. The molecule has 4 nitrogen and oxygen atoms in total. The van der Waals surface area contributed by atoms with Crippen molar-refractivity contribution < 1.29 is 0 Å². The minimum Gasteiger partial charge on any atom is -0.397 e. The molecule has 0 atom stereocenters. The van der Waals surface area contributed by atoms with Gasteiger partial charge in [-0.1, -0.05) is 6.92 Å². The van der Waals surface area contributed by atoms with E-state index in [1.807, 2.05) is 17.8 Å². The van der Waals surface area contributed by atoms with Crippen LogP contribution < -0.4 is 5.73 Å². The first-order valence-corrected chi connectivity index (χ1v) is 7.43. The van der Waals surface area contributed by atoms with Gasteiger partial charge in [0.25, 0.3) is 0 Å². The summed E-state index contributed by atoms with van der Waals surface area (Å²) in [4.78, 5) is 5.04. The van der Waals surface area contributed by atoms with Gasteiger partial charge in [-0.15, -0.1) is 11.8 Å². The van der Waals surface area contributed by atoms with Crippen molar-refractivity contribution in [3.63, 3.8) is 0 Å². The fraction of sp³-hybridized carbons (Fsp3) is 0.333. The van der Waals surface area contributed by atoms with Crippen molar-refractivity contribution in [3.8, 4) is 0 Å². The first kappa shape index (κ1) is 13.4. The third-order valence-corrected chi connectivity index (χ3v) is 4.69. The molecule has 0 radical (unpaired) electrons. The molecule has 0 saturated heterocycles. The lowest BCUT2D eigenvalue weighted by Gasteiger charge is -2.05. The molecule has 96 valence electrons. The van der Waals surface area contributed by atoms with Crippen LogP contribution in [0, 0.1) is 0 Å². The highest BCUT2D eigenvalue weighted by molar-refractivity contribution is 9.10. The number of pyridine rings is 1. The zero-order valence-corrected chi connectivity index (χ0v) is 12.8. The van der Waals surface area contributed by atoms with E-state index in [1.165, 1.54) is 5.69 Å². The maximum absolute atomic E-state index is 5.87. The second-order valence-corrected chi connectivity index (χ2v) is 5.70. The normalized spacial score (nSPS) is 10.8. The molecule has 0 aliphatic carbocycles. The van der Waals surface area contributed by atoms with Crippen molar-refractivity contribution in [1.29, 1.82) is 0 Å². The van der Waals surface area contributed by atoms with Gasteiger partial charge in [-0.25, -0.2) is 0 Å². The highest BCUT2D eigenvalue weighted by atomic mass is 79.9. The Balaban J connectivity index is 2.16. The highest BCUT2D eigenvalue weighted by Crippen LogP contribution is 2.31. The molecule has 2 rings (SSSR count). The molecule has 2 N–H and O–H groups in total. The number of nitrogens with two attached hydrogens (primary N) is 1. The molecule has 0 aliphatic rings. The SMILES string of the molecule is CCc1nn(C)c(CSc2ccncc2N)c1Br. The van der Waals surface area contributed by atoms with Gasteiger partial charge in [-0.05, 0) is 28.4 Å². The van der Waals surface area contributed by atoms with Crippen LogP contribution in [0.4, 0.5) is 5.69 Å². The third kappa shape index (κ3) is 2.70. The van der Waals surface area contributed by atoms with E-state index in [0.717, 1.165) is 32.9 Å². The van der Waals surface area contributed by atoms with Crippen LogP contribution in [-0.2, 0) is 19.2 Å². The summed E-state index contributed by atoms with van der Waals surface area (Å²) in [6.45, 7) is 2.10. The number of aryl methyl sites for hydroxylation is 2. The summed E-state index contributed by atoms with van der Waals surface area (Å²) in [5.74, 6) is 0.832. The number of nitrogen functional groups attached to an aromatic ring is 1. The van der Waals surface area contributed by atoms with Crippen LogP contribution in [0.5, 0.6) is 0 Å². The Morgan fingerprint density at radius 3 is 2.89 bits per heavy atom. The summed E-state index contributed by atoms with van der Waals surface area (Å²) in [6, 6.07) is 1.94. The number of hydrogen-bond acceptors (Lipinski definition) is 4. The second kappa shape index (κ2) is 5.75. The van der Waals surface area contributed by atoms with Crippen LogP contribution in [0.3, 0.4) is 0 Å². The molecule has 0 saturated carbocycles. The Morgan fingerprint density at radius 2 is 2.28 bits per heavy atom. The lowest BCUT2D eigenvalue weighted by Crippen LogP contribution is -1.97. The zero-order valence-electron chi connectivity index (χ0n) is 10.4. The maximum Gasteiger partial charge on any atom is 0.0767 e. The quantitative estimate of drug-likeness (QED) is 0.877. The highest BCUT2D eigenvalue weighted by Gasteiger charge is 2.13. The molecule has 0 aromatic carbocycles. The molecule has 6 heteroatoms. The molecule has 0 amide bonds. The molecular weight excluding hydrogens is 312 g/mol. The Morgan fingerprint density at radius 1 is 1.50 bits per heavy atom. The van der Waals surface area contributed by atoms with Crippen molar-refractivity contribution in [2.24, 2.45) is 7.05 Å². The van der Waals surface area contributed by atoms with E-state index in [2.05, 4.69) is 32.9 Å². The number of anilines is 1. The van der Waals surface area contributed by atoms with Crippen LogP contribution in [0.1, 0.15) is 18.3 Å². The minimum absolute atomic E-state index is 0.719. The minimum atomic E-state index is 0.719. The molecule has 2 aromatic heterocycles. The van der Waals surface area contributed by atoms with E-state index in [1.54, 1.807) is 24.2 Å². The van der Waals surface area contributed by atoms with E-state index in [-0.39, 0.29) is 0 Å². The van der Waals surface area contributed by atoms with Gasteiger partial charge in [0.15, 0.2) is 0 Å². The number of halogens is 1. The van der Waals surface area contributed by atoms with Crippen LogP contribution in [0.2, 0.25) is 0 Å². The maximum atomic E-state index is 5.87. The Hall–Kier alpha value is -1.01. The zero-order chi connectivity index (χ0) is 13.1. The van der Waals surface area contributed by atoms with E-state index >= 15 is 0 Å². The largest absolute Gasteiger partial charge is 0.397 e. The average Bonchev–Trinajstić information content (AvgIpc) is 2.64. The molecule has 0 bridgehead atoms. The Labute approximate surface area is 119 Å². The predicted octanol–water partition coefficient (Wildman–Crippen LogP) is 3.01. The molecule has 2 heterocycles. The topological polar surface area (TPSA) is 56.7 Å². The molecule has 18 heavy (non-hydrogen) atoms. The van der Waals surface area contributed by atoms with Crippen molar-refractivity contribution >= 4 is 33.4 Å². The molecule has 0 fully saturated rings. The molecule has 0 spiro atoms. The van der Waals surface area contributed by atoms with Gasteiger partial charge in [-0.2, -0.15) is 5.10 Å². The first-order valence-electron chi connectivity index (χ1n) is 5.66. The summed E-state index contributed by atoms with van der Waals surface area (Å²) in [7, 11) is 1.97. The van der Waals surface area contributed by atoms with Crippen LogP contribution in [0.15, 0.2) is 27.8 Å². The number of hydrogen-bond donors (Lipinski definition) is 1. The van der Waals surface area contributed by atoms with Crippen molar-refractivity contribution in [2.75, 3.05) is 5.73 Å². The van der Waals surface area contributed by atoms with Crippen molar-refractivity contribution in [2.45, 2.75) is 24.0 Å². The summed E-state index contributed by atoms with van der Waals surface area (Å²) >= 11 is 5.31. The van der Waals surface area contributed by atoms with E-state index < -0.39 is 0 Å². The summed E-state index contributed by atoms with van der Waals surface area (Å²) in [5, 5.41) is 4.48.